The van der Waals surface area contributed by atoms with Gasteiger partial charge in [-0.1, -0.05) is 104 Å². The first-order valence-corrected chi connectivity index (χ1v) is 15.2. The average molecular weight is 549 g/mol. The SMILES string of the molecule is CCCCCCCCCCOc1ccc(COc2nc(N)nc(Cl)n2)c(OCCCCCCCCCC)c1. The number of nitrogen functional groups attached to an aromatic ring is 1. The van der Waals surface area contributed by atoms with E-state index in [1.54, 1.807) is 0 Å². The van der Waals surface area contributed by atoms with Gasteiger partial charge in [-0.3, -0.25) is 0 Å². The van der Waals surface area contributed by atoms with E-state index in [0.29, 0.717) is 13.2 Å². The lowest BCUT2D eigenvalue weighted by Crippen LogP contribution is -2.07. The molecule has 8 heteroatoms. The zero-order valence-electron chi connectivity index (χ0n) is 23.7. The normalized spacial score (nSPS) is 11.0. The molecule has 1 aromatic heterocycles. The van der Waals surface area contributed by atoms with Crippen LogP contribution in [0.15, 0.2) is 18.2 Å². The molecule has 0 bridgehead atoms. The van der Waals surface area contributed by atoms with Crippen LogP contribution >= 0.6 is 11.6 Å². The molecule has 0 amide bonds. The average Bonchev–Trinajstić information content (AvgIpc) is 2.90. The van der Waals surface area contributed by atoms with Crippen LogP contribution in [0, 0.1) is 0 Å². The Kier molecular flexibility index (Phi) is 17.4. The molecule has 0 aliphatic heterocycles. The van der Waals surface area contributed by atoms with Crippen molar-refractivity contribution < 1.29 is 14.2 Å². The van der Waals surface area contributed by atoms with Crippen molar-refractivity contribution in [2.75, 3.05) is 18.9 Å². The van der Waals surface area contributed by atoms with Crippen molar-refractivity contribution in [2.24, 2.45) is 0 Å². The molecule has 2 N–H and O–H groups in total. The molecule has 0 atom stereocenters. The maximum absolute atomic E-state index is 6.19. The van der Waals surface area contributed by atoms with E-state index in [1.165, 1.54) is 89.9 Å². The summed E-state index contributed by atoms with van der Waals surface area (Å²) in [6.45, 7) is 6.11. The van der Waals surface area contributed by atoms with Crippen LogP contribution in [0.1, 0.15) is 122 Å². The minimum atomic E-state index is 0.00312. The second kappa shape index (κ2) is 20.7. The van der Waals surface area contributed by atoms with Crippen LogP contribution in [0.3, 0.4) is 0 Å². The molecule has 0 fully saturated rings. The first-order valence-electron chi connectivity index (χ1n) is 14.8. The molecule has 1 aromatic carbocycles. The molecule has 1 heterocycles. The fourth-order valence-corrected chi connectivity index (χ4v) is 4.43. The maximum atomic E-state index is 6.19. The van der Waals surface area contributed by atoms with E-state index in [1.807, 2.05) is 18.2 Å². The second-order valence-electron chi connectivity index (χ2n) is 9.95. The van der Waals surface area contributed by atoms with Gasteiger partial charge in [0.05, 0.1) is 13.2 Å². The number of unbranched alkanes of at least 4 members (excludes halogenated alkanes) is 14. The lowest BCUT2D eigenvalue weighted by atomic mass is 10.1. The van der Waals surface area contributed by atoms with E-state index in [-0.39, 0.29) is 23.8 Å². The smallest absolute Gasteiger partial charge is 0.322 e. The molecule has 0 aliphatic carbocycles. The lowest BCUT2D eigenvalue weighted by molar-refractivity contribution is 0.258. The largest absolute Gasteiger partial charge is 0.493 e. The Balaban J connectivity index is 1.83. The van der Waals surface area contributed by atoms with Crippen LogP contribution in [0.4, 0.5) is 5.95 Å². The monoisotopic (exact) mass is 548 g/mol. The molecule has 0 spiro atoms. The predicted octanol–water partition coefficient (Wildman–Crippen LogP) is 8.73. The van der Waals surface area contributed by atoms with Crippen LogP contribution in [0.25, 0.3) is 0 Å². The summed E-state index contributed by atoms with van der Waals surface area (Å²) in [5.41, 5.74) is 6.54. The second-order valence-corrected chi connectivity index (χ2v) is 10.3. The third-order valence-corrected chi connectivity index (χ3v) is 6.69. The van der Waals surface area contributed by atoms with Gasteiger partial charge in [0.15, 0.2) is 0 Å². The highest BCUT2D eigenvalue weighted by atomic mass is 35.5. The number of ether oxygens (including phenoxy) is 3. The number of hydrogen-bond donors (Lipinski definition) is 1. The Morgan fingerprint density at radius 2 is 1.21 bits per heavy atom. The molecular formula is C30H49ClN4O3. The zero-order chi connectivity index (χ0) is 27.3. The van der Waals surface area contributed by atoms with Crippen molar-refractivity contribution >= 4 is 17.5 Å². The fourth-order valence-electron chi connectivity index (χ4n) is 4.28. The lowest BCUT2D eigenvalue weighted by Gasteiger charge is -2.14. The summed E-state index contributed by atoms with van der Waals surface area (Å²) in [4.78, 5) is 11.7. The van der Waals surface area contributed by atoms with Crippen molar-refractivity contribution in [1.82, 2.24) is 15.0 Å². The van der Waals surface area contributed by atoms with Gasteiger partial charge in [-0.05, 0) is 36.6 Å². The van der Waals surface area contributed by atoms with Gasteiger partial charge < -0.3 is 19.9 Å². The van der Waals surface area contributed by atoms with Gasteiger partial charge >= 0.3 is 6.01 Å². The molecule has 2 rings (SSSR count). The van der Waals surface area contributed by atoms with Gasteiger partial charge in [0.1, 0.15) is 18.1 Å². The topological polar surface area (TPSA) is 92.4 Å². The van der Waals surface area contributed by atoms with E-state index in [9.17, 15) is 0 Å². The molecule has 0 unspecified atom stereocenters. The number of aromatic nitrogens is 3. The summed E-state index contributed by atoms with van der Waals surface area (Å²) in [6.07, 6.45) is 20.3. The van der Waals surface area contributed by atoms with Crippen LogP contribution in [0.5, 0.6) is 17.5 Å². The first-order chi connectivity index (χ1) is 18.6. The highest BCUT2D eigenvalue weighted by Crippen LogP contribution is 2.27. The third-order valence-electron chi connectivity index (χ3n) is 6.52. The first kappa shape index (κ1) is 31.9. The number of halogens is 1. The number of rotatable bonds is 23. The highest BCUT2D eigenvalue weighted by molar-refractivity contribution is 6.28. The number of nitrogens with two attached hydrogens (primary N) is 1. The molecule has 7 nitrogen and oxygen atoms in total. The molecule has 0 saturated heterocycles. The Hall–Kier alpha value is -2.28. The van der Waals surface area contributed by atoms with Gasteiger partial charge in [-0.2, -0.15) is 15.0 Å². The Bertz CT molecular complexity index is 864. The molecule has 0 aliphatic rings. The predicted molar refractivity (Wildman–Crippen MR) is 156 cm³/mol. The van der Waals surface area contributed by atoms with Crippen molar-refractivity contribution in [3.63, 3.8) is 0 Å². The number of hydrogen-bond acceptors (Lipinski definition) is 7. The Labute approximate surface area is 235 Å². The maximum Gasteiger partial charge on any atom is 0.322 e. The van der Waals surface area contributed by atoms with Gasteiger partial charge in [-0.15, -0.1) is 0 Å². The van der Waals surface area contributed by atoms with Crippen LogP contribution in [-0.2, 0) is 6.61 Å². The quantitative estimate of drug-likeness (QED) is 0.139. The van der Waals surface area contributed by atoms with Gasteiger partial charge in [0, 0.05) is 11.6 Å². The van der Waals surface area contributed by atoms with E-state index in [4.69, 9.17) is 31.5 Å². The van der Waals surface area contributed by atoms with E-state index >= 15 is 0 Å². The molecule has 38 heavy (non-hydrogen) atoms. The Morgan fingerprint density at radius 3 is 1.79 bits per heavy atom. The van der Waals surface area contributed by atoms with E-state index in [2.05, 4.69) is 28.8 Å². The van der Waals surface area contributed by atoms with Gasteiger partial charge in [0.25, 0.3) is 0 Å². The van der Waals surface area contributed by atoms with Crippen molar-refractivity contribution in [2.45, 2.75) is 123 Å². The standard InChI is InChI=1S/C30H49ClN4O3/c1-3-5-7-9-11-13-15-17-21-36-26-20-19-25(24-38-30-34-28(31)33-29(32)35-30)27(23-26)37-22-18-16-14-12-10-8-6-4-2/h19-20,23H,3-18,21-22,24H2,1-2H3,(H2,32,33,34,35). The molecule has 2 aromatic rings. The minimum Gasteiger partial charge on any atom is -0.493 e. The zero-order valence-corrected chi connectivity index (χ0v) is 24.4. The molecular weight excluding hydrogens is 500 g/mol. The van der Waals surface area contributed by atoms with Gasteiger partial charge in [0.2, 0.25) is 11.2 Å². The van der Waals surface area contributed by atoms with Crippen molar-refractivity contribution in [3.8, 4) is 17.5 Å². The number of benzene rings is 1. The van der Waals surface area contributed by atoms with Crippen LogP contribution in [0.2, 0.25) is 5.28 Å². The summed E-state index contributed by atoms with van der Waals surface area (Å²) in [7, 11) is 0. The summed E-state index contributed by atoms with van der Waals surface area (Å²) >= 11 is 5.87. The van der Waals surface area contributed by atoms with Crippen LogP contribution in [-0.4, -0.2) is 28.2 Å². The third kappa shape index (κ3) is 14.6. The van der Waals surface area contributed by atoms with Crippen molar-refractivity contribution in [3.05, 3.63) is 29.0 Å². The van der Waals surface area contributed by atoms with E-state index in [0.717, 1.165) is 29.9 Å². The summed E-state index contributed by atoms with van der Waals surface area (Å²) in [5, 5.41) is 0.00312. The fraction of sp³-hybridized carbons (Fsp3) is 0.700. The van der Waals surface area contributed by atoms with Crippen molar-refractivity contribution in [1.29, 1.82) is 0 Å². The van der Waals surface area contributed by atoms with Gasteiger partial charge in [-0.25, -0.2) is 0 Å². The molecule has 0 radical (unpaired) electrons. The molecule has 214 valence electrons. The number of nitrogens with zero attached hydrogens (tertiary/aromatic N) is 3. The van der Waals surface area contributed by atoms with E-state index < -0.39 is 0 Å². The highest BCUT2D eigenvalue weighted by Gasteiger charge is 2.10. The number of anilines is 1. The summed E-state index contributed by atoms with van der Waals surface area (Å²) in [5.74, 6) is 1.60. The van der Waals surface area contributed by atoms with Crippen LogP contribution < -0.4 is 19.9 Å². The summed E-state index contributed by atoms with van der Waals surface area (Å²) < 4.78 is 18.0. The Morgan fingerprint density at radius 1 is 0.658 bits per heavy atom. The molecule has 0 saturated carbocycles. The summed E-state index contributed by atoms with van der Waals surface area (Å²) in [6, 6.07) is 5.98. The minimum absolute atomic E-state index is 0.00312.